The second kappa shape index (κ2) is 10.7. The summed E-state index contributed by atoms with van der Waals surface area (Å²) in [6.45, 7) is 4.83. The van der Waals surface area contributed by atoms with Gasteiger partial charge in [-0.05, 0) is 42.8 Å². The van der Waals surface area contributed by atoms with E-state index in [-0.39, 0.29) is 11.8 Å². The van der Waals surface area contributed by atoms with E-state index in [4.69, 9.17) is 9.47 Å². The first kappa shape index (κ1) is 22.5. The fourth-order valence-electron chi connectivity index (χ4n) is 3.60. The van der Waals surface area contributed by atoms with E-state index in [1.807, 2.05) is 29.2 Å². The van der Waals surface area contributed by atoms with Crippen LogP contribution in [0, 0.1) is 0 Å². The molecule has 0 bridgehead atoms. The average molecular weight is 426 g/mol. The lowest BCUT2D eigenvalue weighted by Gasteiger charge is -2.36. The smallest absolute Gasteiger partial charge is 0.254 e. The van der Waals surface area contributed by atoms with Crippen molar-refractivity contribution in [1.82, 2.24) is 4.90 Å². The predicted octanol–water partition coefficient (Wildman–Crippen LogP) is 3.79. The minimum atomic E-state index is -0.0259. The van der Waals surface area contributed by atoms with Crippen molar-refractivity contribution in [3.63, 3.8) is 0 Å². The molecule has 0 atom stereocenters. The fourth-order valence-corrected chi connectivity index (χ4v) is 3.60. The quantitative estimate of drug-likeness (QED) is 0.697. The maximum atomic E-state index is 13.0. The van der Waals surface area contributed by atoms with Gasteiger partial charge in [0.15, 0.2) is 0 Å². The molecule has 7 nitrogen and oxygen atoms in total. The van der Waals surface area contributed by atoms with Crippen LogP contribution in [0.5, 0.6) is 11.5 Å². The molecule has 1 saturated heterocycles. The number of rotatable bonds is 8. The molecule has 1 aliphatic heterocycles. The molecular weight excluding hydrogens is 394 g/mol. The minimum Gasteiger partial charge on any atom is -0.497 e. The molecule has 0 radical (unpaired) electrons. The van der Waals surface area contributed by atoms with Gasteiger partial charge in [-0.3, -0.25) is 9.59 Å². The maximum absolute atomic E-state index is 13.0. The monoisotopic (exact) mass is 425 g/mol. The van der Waals surface area contributed by atoms with Crippen molar-refractivity contribution in [2.45, 2.75) is 26.2 Å². The highest BCUT2D eigenvalue weighted by Gasteiger charge is 2.23. The van der Waals surface area contributed by atoms with Gasteiger partial charge in [-0.2, -0.15) is 0 Å². The van der Waals surface area contributed by atoms with Crippen molar-refractivity contribution >= 4 is 23.2 Å². The van der Waals surface area contributed by atoms with Gasteiger partial charge in [0, 0.05) is 55.6 Å². The Kier molecular flexibility index (Phi) is 7.76. The van der Waals surface area contributed by atoms with Crippen LogP contribution in [0.2, 0.25) is 0 Å². The summed E-state index contributed by atoms with van der Waals surface area (Å²) in [5.74, 6) is 1.23. The van der Waals surface area contributed by atoms with Crippen molar-refractivity contribution < 1.29 is 19.1 Å². The average Bonchev–Trinajstić information content (AvgIpc) is 2.82. The Labute approximate surface area is 183 Å². The summed E-state index contributed by atoms with van der Waals surface area (Å²) in [6, 6.07) is 13.1. The van der Waals surface area contributed by atoms with E-state index >= 15 is 0 Å². The number of nitrogens with one attached hydrogen (secondary N) is 1. The van der Waals surface area contributed by atoms with Gasteiger partial charge < -0.3 is 24.6 Å². The lowest BCUT2D eigenvalue weighted by molar-refractivity contribution is -0.116. The summed E-state index contributed by atoms with van der Waals surface area (Å²) < 4.78 is 10.6. The number of benzene rings is 2. The molecular formula is C24H31N3O4. The Balaban J connectivity index is 1.57. The van der Waals surface area contributed by atoms with Crippen LogP contribution in [0.15, 0.2) is 42.5 Å². The lowest BCUT2D eigenvalue weighted by Crippen LogP contribution is -2.48. The van der Waals surface area contributed by atoms with Crippen LogP contribution in [-0.4, -0.2) is 57.1 Å². The summed E-state index contributed by atoms with van der Waals surface area (Å²) in [5, 5.41) is 2.93. The molecule has 1 N–H and O–H groups in total. The topological polar surface area (TPSA) is 71.1 Å². The number of nitrogens with zero attached hydrogens (tertiary/aromatic N) is 2. The Morgan fingerprint density at radius 1 is 0.935 bits per heavy atom. The minimum absolute atomic E-state index is 0.0259. The van der Waals surface area contributed by atoms with Crippen LogP contribution < -0.4 is 19.7 Å². The molecule has 0 unspecified atom stereocenters. The number of piperazine rings is 1. The van der Waals surface area contributed by atoms with Gasteiger partial charge in [0.25, 0.3) is 5.91 Å². The Bertz CT molecular complexity index is 868. The van der Waals surface area contributed by atoms with Crippen molar-refractivity contribution in [1.29, 1.82) is 0 Å². The largest absolute Gasteiger partial charge is 0.497 e. The molecule has 1 heterocycles. The second-order valence-electron chi connectivity index (χ2n) is 7.58. The summed E-state index contributed by atoms with van der Waals surface area (Å²) in [6.07, 6.45) is 2.45. The molecule has 0 aromatic heterocycles. The summed E-state index contributed by atoms with van der Waals surface area (Å²) in [4.78, 5) is 28.9. The van der Waals surface area contributed by atoms with Gasteiger partial charge in [0.2, 0.25) is 5.91 Å². The van der Waals surface area contributed by atoms with E-state index in [2.05, 4.69) is 17.1 Å². The highest BCUT2D eigenvalue weighted by Crippen LogP contribution is 2.25. The standard InChI is InChI=1S/C24H31N3O4/c1-4-5-6-23(28)25-19-7-9-20(10-8-19)26-11-13-27(14-12-26)24(29)18-15-21(30-2)17-22(16-18)31-3/h7-10,15-17H,4-6,11-14H2,1-3H3,(H,25,28). The van der Waals surface area contributed by atoms with Crippen LogP contribution in [0.25, 0.3) is 0 Å². The first-order valence-corrected chi connectivity index (χ1v) is 10.7. The number of anilines is 2. The number of hydrogen-bond acceptors (Lipinski definition) is 5. The molecule has 0 aliphatic carbocycles. The van der Waals surface area contributed by atoms with Gasteiger partial charge >= 0.3 is 0 Å². The third-order valence-electron chi connectivity index (χ3n) is 5.44. The van der Waals surface area contributed by atoms with Gasteiger partial charge in [-0.1, -0.05) is 13.3 Å². The maximum Gasteiger partial charge on any atom is 0.254 e. The fraction of sp³-hybridized carbons (Fsp3) is 0.417. The SMILES string of the molecule is CCCCC(=O)Nc1ccc(N2CCN(C(=O)c3cc(OC)cc(OC)c3)CC2)cc1. The third-order valence-corrected chi connectivity index (χ3v) is 5.44. The highest BCUT2D eigenvalue weighted by molar-refractivity contribution is 5.95. The van der Waals surface area contributed by atoms with Gasteiger partial charge in [0.1, 0.15) is 11.5 Å². The number of unbranched alkanes of at least 4 members (excludes halogenated alkanes) is 1. The number of hydrogen-bond donors (Lipinski definition) is 1. The van der Waals surface area contributed by atoms with Gasteiger partial charge in [0.05, 0.1) is 14.2 Å². The van der Waals surface area contributed by atoms with Crippen molar-refractivity contribution in [2.75, 3.05) is 50.6 Å². The Morgan fingerprint density at radius 3 is 2.10 bits per heavy atom. The zero-order valence-corrected chi connectivity index (χ0v) is 18.5. The molecule has 166 valence electrons. The van der Waals surface area contributed by atoms with Crippen molar-refractivity contribution in [3.8, 4) is 11.5 Å². The predicted molar refractivity (Wildman–Crippen MR) is 122 cm³/mol. The third kappa shape index (κ3) is 5.90. The number of methoxy groups -OCH3 is 2. The van der Waals surface area contributed by atoms with Crippen LogP contribution >= 0.6 is 0 Å². The molecule has 31 heavy (non-hydrogen) atoms. The normalized spacial score (nSPS) is 13.6. The van der Waals surface area contributed by atoms with Crippen LogP contribution in [0.3, 0.4) is 0 Å². The van der Waals surface area contributed by atoms with Crippen molar-refractivity contribution in [3.05, 3.63) is 48.0 Å². The summed E-state index contributed by atoms with van der Waals surface area (Å²) >= 11 is 0. The molecule has 1 fully saturated rings. The zero-order chi connectivity index (χ0) is 22.2. The summed E-state index contributed by atoms with van der Waals surface area (Å²) in [7, 11) is 3.15. The molecule has 1 aliphatic rings. The molecule has 2 aromatic rings. The van der Waals surface area contributed by atoms with Crippen LogP contribution in [0.1, 0.15) is 36.5 Å². The number of carbonyl (C=O) groups excluding carboxylic acids is 2. The first-order valence-electron chi connectivity index (χ1n) is 10.7. The van der Waals surface area contributed by atoms with Crippen LogP contribution in [0.4, 0.5) is 11.4 Å². The molecule has 0 saturated carbocycles. The van der Waals surface area contributed by atoms with E-state index in [9.17, 15) is 9.59 Å². The van der Waals surface area contributed by atoms with Gasteiger partial charge in [-0.15, -0.1) is 0 Å². The van der Waals surface area contributed by atoms with E-state index in [0.717, 1.165) is 37.3 Å². The van der Waals surface area contributed by atoms with Gasteiger partial charge in [-0.25, -0.2) is 0 Å². The van der Waals surface area contributed by atoms with E-state index < -0.39 is 0 Å². The lowest BCUT2D eigenvalue weighted by atomic mass is 10.1. The van der Waals surface area contributed by atoms with Crippen LogP contribution in [-0.2, 0) is 4.79 Å². The molecule has 7 heteroatoms. The first-order chi connectivity index (χ1) is 15.0. The molecule has 3 rings (SSSR count). The van der Waals surface area contributed by atoms with E-state index in [1.165, 1.54) is 0 Å². The summed E-state index contributed by atoms with van der Waals surface area (Å²) in [5.41, 5.74) is 2.46. The molecule has 2 aromatic carbocycles. The number of amides is 2. The molecule has 0 spiro atoms. The number of ether oxygens (including phenoxy) is 2. The Morgan fingerprint density at radius 2 is 1.55 bits per heavy atom. The molecule has 2 amide bonds. The second-order valence-corrected chi connectivity index (χ2v) is 7.58. The van der Waals surface area contributed by atoms with E-state index in [0.29, 0.717) is 36.6 Å². The highest BCUT2D eigenvalue weighted by atomic mass is 16.5. The van der Waals surface area contributed by atoms with Crippen molar-refractivity contribution in [2.24, 2.45) is 0 Å². The van der Waals surface area contributed by atoms with E-state index in [1.54, 1.807) is 32.4 Å². The zero-order valence-electron chi connectivity index (χ0n) is 18.5. The Hall–Kier alpha value is -3.22. The number of carbonyl (C=O) groups is 2.